The second-order valence-corrected chi connectivity index (χ2v) is 10.5. The number of amides is 2. The summed E-state index contributed by atoms with van der Waals surface area (Å²) >= 11 is 0. The second kappa shape index (κ2) is 10.6. The average molecular weight is 494 g/mol. The number of fused-ring (bicyclic) bond motifs is 2. The summed E-state index contributed by atoms with van der Waals surface area (Å²) in [4.78, 5) is 27.6. The minimum atomic E-state index is -0.942. The van der Waals surface area contributed by atoms with E-state index in [4.69, 9.17) is 9.47 Å². The van der Waals surface area contributed by atoms with Crippen LogP contribution in [-0.2, 0) is 22.6 Å². The Balaban J connectivity index is 1.39. The molecule has 1 heterocycles. The maximum atomic E-state index is 14.8. The standard InChI is InChI=1S/C28H32FN3O4/c1-28(2,3)36-27(34)32-22-11-9-20(14-22)25(32)26(33)31-21(16-30)13-19-10-12-23(15-24(19)29)35-17-18-7-5-4-6-8-18/h4-8,10,12,15,20-22,25H,9,11,13-14,17H2,1-3H3,(H,31,33). The zero-order valence-corrected chi connectivity index (χ0v) is 20.9. The van der Waals surface area contributed by atoms with E-state index in [1.807, 2.05) is 30.3 Å². The molecule has 36 heavy (non-hydrogen) atoms. The highest BCUT2D eigenvalue weighted by Crippen LogP contribution is 2.43. The van der Waals surface area contributed by atoms with Crippen LogP contribution in [0.25, 0.3) is 0 Å². The number of piperidine rings is 1. The molecule has 0 radical (unpaired) electrons. The number of ether oxygens (including phenoxy) is 2. The Morgan fingerprint density at radius 2 is 1.94 bits per heavy atom. The van der Waals surface area contributed by atoms with Gasteiger partial charge >= 0.3 is 6.09 Å². The molecule has 4 unspecified atom stereocenters. The van der Waals surface area contributed by atoms with Crippen molar-refractivity contribution in [2.75, 3.05) is 0 Å². The molecule has 1 aliphatic carbocycles. The summed E-state index contributed by atoms with van der Waals surface area (Å²) in [5, 5.41) is 12.4. The molecule has 0 aromatic heterocycles. The first-order valence-electron chi connectivity index (χ1n) is 12.3. The van der Waals surface area contributed by atoms with Crippen molar-refractivity contribution in [3.05, 3.63) is 65.5 Å². The largest absolute Gasteiger partial charge is 0.489 e. The van der Waals surface area contributed by atoms with Crippen molar-refractivity contribution in [3.8, 4) is 11.8 Å². The van der Waals surface area contributed by atoms with Crippen LogP contribution < -0.4 is 10.1 Å². The van der Waals surface area contributed by atoms with Gasteiger partial charge in [-0.25, -0.2) is 9.18 Å². The molecule has 4 atom stereocenters. The molecule has 8 heteroatoms. The number of hydrogen-bond donors (Lipinski definition) is 1. The fraction of sp³-hybridized carbons (Fsp3) is 0.464. The molecular weight excluding hydrogens is 461 g/mol. The number of likely N-dealkylation sites (tertiary alicyclic amines) is 1. The van der Waals surface area contributed by atoms with E-state index in [9.17, 15) is 19.2 Å². The molecular formula is C28H32FN3O4. The van der Waals surface area contributed by atoms with Gasteiger partial charge in [-0.05, 0) is 63.1 Å². The third-order valence-corrected chi connectivity index (χ3v) is 6.63. The van der Waals surface area contributed by atoms with Crippen LogP contribution in [0.5, 0.6) is 5.75 Å². The molecule has 1 N–H and O–H groups in total. The number of benzene rings is 2. The predicted octanol–water partition coefficient (Wildman–Crippen LogP) is 4.74. The van der Waals surface area contributed by atoms with E-state index in [1.54, 1.807) is 32.9 Å². The van der Waals surface area contributed by atoms with Crippen molar-refractivity contribution in [2.24, 2.45) is 5.92 Å². The third-order valence-electron chi connectivity index (χ3n) is 6.63. The van der Waals surface area contributed by atoms with E-state index in [0.717, 1.165) is 24.8 Å². The molecule has 2 bridgehead atoms. The lowest BCUT2D eigenvalue weighted by Gasteiger charge is -2.35. The van der Waals surface area contributed by atoms with Gasteiger partial charge in [0, 0.05) is 18.5 Å². The highest BCUT2D eigenvalue weighted by molar-refractivity contribution is 5.87. The van der Waals surface area contributed by atoms with Crippen LogP contribution in [-0.4, -0.2) is 40.6 Å². The van der Waals surface area contributed by atoms with Crippen molar-refractivity contribution < 1.29 is 23.5 Å². The van der Waals surface area contributed by atoms with Crippen LogP contribution in [0.2, 0.25) is 0 Å². The van der Waals surface area contributed by atoms with E-state index in [1.165, 1.54) is 11.0 Å². The van der Waals surface area contributed by atoms with Gasteiger partial charge < -0.3 is 14.8 Å². The lowest BCUT2D eigenvalue weighted by atomic mass is 9.97. The van der Waals surface area contributed by atoms with Crippen LogP contribution >= 0.6 is 0 Å². The van der Waals surface area contributed by atoms with Gasteiger partial charge in [-0.15, -0.1) is 0 Å². The molecule has 2 fully saturated rings. The van der Waals surface area contributed by atoms with Gasteiger partial charge in [-0.2, -0.15) is 5.26 Å². The van der Waals surface area contributed by atoms with Crippen LogP contribution in [0, 0.1) is 23.1 Å². The second-order valence-electron chi connectivity index (χ2n) is 10.5. The van der Waals surface area contributed by atoms with E-state index in [0.29, 0.717) is 17.9 Å². The number of rotatable bonds is 7. The van der Waals surface area contributed by atoms with Gasteiger partial charge in [0.25, 0.3) is 0 Å². The maximum absolute atomic E-state index is 14.8. The van der Waals surface area contributed by atoms with Gasteiger partial charge in [0.1, 0.15) is 35.9 Å². The van der Waals surface area contributed by atoms with E-state index < -0.39 is 35.5 Å². The smallest absolute Gasteiger partial charge is 0.411 e. The summed E-state index contributed by atoms with van der Waals surface area (Å²) in [6, 6.07) is 14.5. The SMILES string of the molecule is CC(C)(C)OC(=O)N1C2CCC(C2)C1C(=O)NC(C#N)Cc1ccc(OCc2ccccc2)cc1F. The summed E-state index contributed by atoms with van der Waals surface area (Å²) in [5.41, 5.74) is 0.588. The first-order valence-corrected chi connectivity index (χ1v) is 12.3. The summed E-state index contributed by atoms with van der Waals surface area (Å²) in [5.74, 6) is -0.500. The van der Waals surface area contributed by atoms with Gasteiger partial charge in [-0.3, -0.25) is 9.69 Å². The molecule has 2 aliphatic rings. The average Bonchev–Trinajstić information content (AvgIpc) is 3.45. The monoisotopic (exact) mass is 493 g/mol. The van der Waals surface area contributed by atoms with Crippen molar-refractivity contribution in [1.82, 2.24) is 10.2 Å². The normalized spacial score (nSPS) is 21.5. The Labute approximate surface area is 211 Å². The molecule has 0 spiro atoms. The zero-order valence-electron chi connectivity index (χ0n) is 20.9. The fourth-order valence-electron chi connectivity index (χ4n) is 5.03. The van der Waals surface area contributed by atoms with Gasteiger partial charge in [-0.1, -0.05) is 36.4 Å². The number of carbonyl (C=O) groups excluding carboxylic acids is 2. The van der Waals surface area contributed by atoms with Crippen LogP contribution in [0.3, 0.4) is 0 Å². The number of nitrogens with one attached hydrogen (secondary N) is 1. The van der Waals surface area contributed by atoms with E-state index in [2.05, 4.69) is 11.4 Å². The molecule has 2 aromatic rings. The molecule has 2 amide bonds. The van der Waals surface area contributed by atoms with Crippen molar-refractivity contribution in [1.29, 1.82) is 5.26 Å². The summed E-state index contributed by atoms with van der Waals surface area (Å²) in [6.45, 7) is 5.67. The highest BCUT2D eigenvalue weighted by atomic mass is 19.1. The van der Waals surface area contributed by atoms with Crippen molar-refractivity contribution >= 4 is 12.0 Å². The quantitative estimate of drug-likeness (QED) is 0.601. The number of nitriles is 1. The first kappa shape index (κ1) is 25.5. The minimum Gasteiger partial charge on any atom is -0.489 e. The Hall–Kier alpha value is -3.60. The van der Waals surface area contributed by atoms with Crippen LogP contribution in [0.1, 0.15) is 51.2 Å². The number of halogens is 1. The molecule has 2 aromatic carbocycles. The lowest BCUT2D eigenvalue weighted by Crippen LogP contribution is -2.55. The van der Waals surface area contributed by atoms with Gasteiger partial charge in [0.05, 0.1) is 6.07 Å². The van der Waals surface area contributed by atoms with Crippen molar-refractivity contribution in [3.63, 3.8) is 0 Å². The molecule has 1 aliphatic heterocycles. The summed E-state index contributed by atoms with van der Waals surface area (Å²) in [6.07, 6.45) is 1.91. The summed E-state index contributed by atoms with van der Waals surface area (Å²) in [7, 11) is 0. The fourth-order valence-corrected chi connectivity index (χ4v) is 5.03. The molecule has 7 nitrogen and oxygen atoms in total. The Kier molecular flexibility index (Phi) is 7.48. The molecule has 4 rings (SSSR count). The minimum absolute atomic E-state index is 0.000289. The van der Waals surface area contributed by atoms with Crippen LogP contribution in [0.4, 0.5) is 9.18 Å². The first-order chi connectivity index (χ1) is 17.1. The topological polar surface area (TPSA) is 91.7 Å². The Morgan fingerprint density at radius 3 is 2.61 bits per heavy atom. The Morgan fingerprint density at radius 1 is 1.19 bits per heavy atom. The van der Waals surface area contributed by atoms with Crippen molar-refractivity contribution in [2.45, 2.75) is 76.8 Å². The molecule has 1 saturated heterocycles. The summed E-state index contributed by atoms with van der Waals surface area (Å²) < 4.78 is 26.0. The van der Waals surface area contributed by atoms with Gasteiger partial charge in [0.15, 0.2) is 0 Å². The maximum Gasteiger partial charge on any atom is 0.411 e. The van der Waals surface area contributed by atoms with E-state index in [-0.39, 0.29) is 18.4 Å². The lowest BCUT2D eigenvalue weighted by molar-refractivity contribution is -0.128. The predicted molar refractivity (Wildman–Crippen MR) is 131 cm³/mol. The number of nitrogens with zero attached hydrogens (tertiary/aromatic N) is 2. The van der Waals surface area contributed by atoms with Crippen LogP contribution in [0.15, 0.2) is 48.5 Å². The highest BCUT2D eigenvalue weighted by Gasteiger charge is 2.52. The molecule has 190 valence electrons. The zero-order chi connectivity index (χ0) is 25.9. The number of hydrogen-bond acceptors (Lipinski definition) is 5. The Bertz CT molecular complexity index is 1140. The molecule has 1 saturated carbocycles. The third kappa shape index (κ3) is 5.96. The van der Waals surface area contributed by atoms with E-state index >= 15 is 0 Å². The number of carbonyl (C=O) groups is 2. The van der Waals surface area contributed by atoms with Gasteiger partial charge in [0.2, 0.25) is 5.91 Å².